The summed E-state index contributed by atoms with van der Waals surface area (Å²) in [6, 6.07) is 11.8. The van der Waals surface area contributed by atoms with Gasteiger partial charge in [-0.3, -0.25) is 4.99 Å². The molecule has 0 saturated carbocycles. The van der Waals surface area contributed by atoms with Gasteiger partial charge in [0, 0.05) is 57.5 Å². The van der Waals surface area contributed by atoms with E-state index < -0.39 is 0 Å². The molecule has 2 N–H and O–H groups in total. The molecule has 1 fully saturated rings. The summed E-state index contributed by atoms with van der Waals surface area (Å²) in [5.41, 5.74) is 1.30. The van der Waals surface area contributed by atoms with E-state index in [0.29, 0.717) is 12.1 Å². The van der Waals surface area contributed by atoms with E-state index in [0.717, 1.165) is 32.0 Å². The molecule has 5 heteroatoms. The Hall–Kier alpha value is -1.75. The molecule has 0 amide bonds. The van der Waals surface area contributed by atoms with Crippen LogP contribution in [0.5, 0.6) is 0 Å². The zero-order chi connectivity index (χ0) is 18.8. The fraction of sp³-hybridized carbons (Fsp3) is 0.667. The Morgan fingerprint density at radius 1 is 1.23 bits per heavy atom. The summed E-state index contributed by atoms with van der Waals surface area (Å²) in [6.07, 6.45) is 3.47. The first-order chi connectivity index (χ1) is 12.6. The van der Waals surface area contributed by atoms with E-state index in [2.05, 4.69) is 76.5 Å². The zero-order valence-corrected chi connectivity index (χ0v) is 17.0. The molecule has 0 aromatic heterocycles. The van der Waals surface area contributed by atoms with Gasteiger partial charge in [0.25, 0.3) is 0 Å². The molecule has 1 aliphatic heterocycles. The predicted octanol–water partition coefficient (Wildman–Crippen LogP) is 2.94. The monoisotopic (exact) mass is 359 g/mol. The van der Waals surface area contributed by atoms with Crippen LogP contribution in [-0.2, 0) is 0 Å². The summed E-state index contributed by atoms with van der Waals surface area (Å²) in [6.45, 7) is 12.2. The normalized spacial score (nSPS) is 16.7. The standard InChI is InChI=1S/C21H37N5/c1-5-25(20-10-7-6-8-11-20)15-9-14-23-21(22-4)24-19-12-16-26(17-13-19)18(2)3/h6-8,10-11,18-19H,5,9,12-17H2,1-4H3,(H2,22,23,24). The molecule has 0 bridgehead atoms. The zero-order valence-electron chi connectivity index (χ0n) is 17.0. The molecule has 1 heterocycles. The number of para-hydroxylation sites is 1. The molecule has 26 heavy (non-hydrogen) atoms. The number of rotatable bonds is 8. The molecule has 146 valence electrons. The van der Waals surface area contributed by atoms with Crippen molar-refractivity contribution in [2.75, 3.05) is 44.7 Å². The van der Waals surface area contributed by atoms with E-state index in [1.165, 1.54) is 31.6 Å². The molecule has 2 rings (SSSR count). The minimum atomic E-state index is 0.535. The Balaban J connectivity index is 1.67. The number of nitrogens with one attached hydrogen (secondary N) is 2. The molecule has 0 spiro atoms. The first-order valence-electron chi connectivity index (χ1n) is 10.1. The first-order valence-corrected chi connectivity index (χ1v) is 10.1. The topological polar surface area (TPSA) is 42.9 Å². The highest BCUT2D eigenvalue weighted by molar-refractivity contribution is 5.79. The van der Waals surface area contributed by atoms with Crippen LogP contribution >= 0.6 is 0 Å². The molecule has 0 aliphatic carbocycles. The van der Waals surface area contributed by atoms with Crippen LogP contribution < -0.4 is 15.5 Å². The number of nitrogens with zero attached hydrogens (tertiary/aromatic N) is 3. The Labute approximate surface area is 159 Å². The molecule has 5 nitrogen and oxygen atoms in total. The summed E-state index contributed by atoms with van der Waals surface area (Å²) < 4.78 is 0. The van der Waals surface area contributed by atoms with Gasteiger partial charge in [0.05, 0.1) is 0 Å². The third-order valence-corrected chi connectivity index (χ3v) is 5.22. The van der Waals surface area contributed by atoms with Crippen molar-refractivity contribution in [2.45, 2.75) is 52.1 Å². The van der Waals surface area contributed by atoms with Gasteiger partial charge in [0.1, 0.15) is 0 Å². The van der Waals surface area contributed by atoms with Gasteiger partial charge < -0.3 is 20.4 Å². The van der Waals surface area contributed by atoms with Crippen molar-refractivity contribution in [2.24, 2.45) is 4.99 Å². The molecule has 0 radical (unpaired) electrons. The Kier molecular flexibility index (Phi) is 8.75. The quantitative estimate of drug-likeness (QED) is 0.425. The van der Waals surface area contributed by atoms with E-state index in [9.17, 15) is 0 Å². The summed E-state index contributed by atoms with van der Waals surface area (Å²) in [7, 11) is 1.86. The van der Waals surface area contributed by atoms with Crippen molar-refractivity contribution in [3.63, 3.8) is 0 Å². The molecule has 1 aromatic rings. The molecular weight excluding hydrogens is 322 g/mol. The maximum Gasteiger partial charge on any atom is 0.191 e. The first kappa shape index (κ1) is 20.6. The Morgan fingerprint density at radius 2 is 1.92 bits per heavy atom. The number of hydrogen-bond donors (Lipinski definition) is 2. The van der Waals surface area contributed by atoms with Crippen molar-refractivity contribution >= 4 is 11.6 Å². The van der Waals surface area contributed by atoms with Crippen LogP contribution in [0.3, 0.4) is 0 Å². The SMILES string of the molecule is CCN(CCCNC(=NC)NC1CCN(C(C)C)CC1)c1ccccc1. The van der Waals surface area contributed by atoms with E-state index in [1.807, 2.05) is 7.05 Å². The molecule has 1 aliphatic rings. The van der Waals surface area contributed by atoms with Gasteiger partial charge in [-0.1, -0.05) is 18.2 Å². The van der Waals surface area contributed by atoms with Gasteiger partial charge in [-0.25, -0.2) is 0 Å². The highest BCUT2D eigenvalue weighted by atomic mass is 15.2. The summed E-state index contributed by atoms with van der Waals surface area (Å²) in [4.78, 5) is 9.37. The molecule has 1 aromatic carbocycles. The number of anilines is 1. The molecular formula is C21H37N5. The van der Waals surface area contributed by atoms with Crippen molar-refractivity contribution in [1.82, 2.24) is 15.5 Å². The fourth-order valence-corrected chi connectivity index (χ4v) is 3.53. The van der Waals surface area contributed by atoms with Crippen molar-refractivity contribution in [3.8, 4) is 0 Å². The number of guanidine groups is 1. The van der Waals surface area contributed by atoms with Crippen LogP contribution in [0.15, 0.2) is 35.3 Å². The summed E-state index contributed by atoms with van der Waals surface area (Å²) in [5.74, 6) is 0.941. The summed E-state index contributed by atoms with van der Waals surface area (Å²) >= 11 is 0. The lowest BCUT2D eigenvalue weighted by Crippen LogP contribution is -2.50. The lowest BCUT2D eigenvalue weighted by atomic mass is 10.0. The molecule has 1 saturated heterocycles. The average molecular weight is 360 g/mol. The maximum absolute atomic E-state index is 4.40. The fourth-order valence-electron chi connectivity index (χ4n) is 3.53. The van der Waals surface area contributed by atoms with Crippen LogP contribution in [0.2, 0.25) is 0 Å². The number of piperidine rings is 1. The van der Waals surface area contributed by atoms with Crippen LogP contribution in [0.4, 0.5) is 5.69 Å². The Morgan fingerprint density at radius 3 is 2.50 bits per heavy atom. The third kappa shape index (κ3) is 6.52. The number of hydrogen-bond acceptors (Lipinski definition) is 3. The molecule has 0 unspecified atom stereocenters. The second-order valence-corrected chi connectivity index (χ2v) is 7.32. The lowest BCUT2D eigenvalue weighted by molar-refractivity contribution is 0.167. The second-order valence-electron chi connectivity index (χ2n) is 7.32. The third-order valence-electron chi connectivity index (χ3n) is 5.22. The van der Waals surface area contributed by atoms with E-state index in [-0.39, 0.29) is 0 Å². The minimum absolute atomic E-state index is 0.535. The highest BCUT2D eigenvalue weighted by Gasteiger charge is 2.21. The predicted molar refractivity (Wildman–Crippen MR) is 113 cm³/mol. The lowest BCUT2D eigenvalue weighted by Gasteiger charge is -2.35. The van der Waals surface area contributed by atoms with Gasteiger partial charge in [0.2, 0.25) is 0 Å². The Bertz CT molecular complexity index is 520. The van der Waals surface area contributed by atoms with Crippen LogP contribution in [0, 0.1) is 0 Å². The van der Waals surface area contributed by atoms with Crippen molar-refractivity contribution in [3.05, 3.63) is 30.3 Å². The van der Waals surface area contributed by atoms with E-state index in [1.54, 1.807) is 0 Å². The minimum Gasteiger partial charge on any atom is -0.372 e. The number of benzene rings is 1. The summed E-state index contributed by atoms with van der Waals surface area (Å²) in [5, 5.41) is 7.08. The van der Waals surface area contributed by atoms with Crippen molar-refractivity contribution in [1.29, 1.82) is 0 Å². The van der Waals surface area contributed by atoms with Gasteiger partial charge in [-0.2, -0.15) is 0 Å². The van der Waals surface area contributed by atoms with Gasteiger partial charge in [-0.05, 0) is 52.2 Å². The van der Waals surface area contributed by atoms with Gasteiger partial charge in [0.15, 0.2) is 5.96 Å². The largest absolute Gasteiger partial charge is 0.372 e. The van der Waals surface area contributed by atoms with Crippen LogP contribution in [0.1, 0.15) is 40.0 Å². The van der Waals surface area contributed by atoms with Gasteiger partial charge in [-0.15, -0.1) is 0 Å². The molecule has 0 atom stereocenters. The van der Waals surface area contributed by atoms with Crippen LogP contribution in [-0.4, -0.2) is 62.7 Å². The van der Waals surface area contributed by atoms with E-state index >= 15 is 0 Å². The smallest absolute Gasteiger partial charge is 0.191 e. The number of aliphatic imine (C=N–C) groups is 1. The van der Waals surface area contributed by atoms with Crippen LogP contribution in [0.25, 0.3) is 0 Å². The number of likely N-dealkylation sites (tertiary alicyclic amines) is 1. The second kappa shape index (κ2) is 11.1. The van der Waals surface area contributed by atoms with Gasteiger partial charge >= 0.3 is 0 Å². The maximum atomic E-state index is 4.40. The van der Waals surface area contributed by atoms with Crippen molar-refractivity contribution < 1.29 is 0 Å². The highest BCUT2D eigenvalue weighted by Crippen LogP contribution is 2.13. The van der Waals surface area contributed by atoms with E-state index in [4.69, 9.17) is 0 Å². The average Bonchev–Trinajstić information content (AvgIpc) is 2.68.